The zero-order chi connectivity index (χ0) is 30.0. The van der Waals surface area contributed by atoms with E-state index in [0.29, 0.717) is 35.2 Å². The number of ether oxygens (including phenoxy) is 1. The summed E-state index contributed by atoms with van der Waals surface area (Å²) in [5.74, 6) is -0.0784. The Kier molecular flexibility index (Phi) is 11.6. The van der Waals surface area contributed by atoms with Gasteiger partial charge in [0.2, 0.25) is 21.8 Å². The number of hydrogen-bond acceptors (Lipinski definition) is 5. The quantitative estimate of drug-likeness (QED) is 0.284. The number of carbonyl (C=O) groups excluding carboxylic acids is 2. The fourth-order valence-electron chi connectivity index (χ4n) is 4.28. The lowest BCUT2D eigenvalue weighted by atomic mass is 10.0. The molecule has 0 bridgehead atoms. The van der Waals surface area contributed by atoms with Crippen LogP contribution in [0, 0.1) is 5.92 Å². The van der Waals surface area contributed by atoms with Crippen LogP contribution in [0.25, 0.3) is 0 Å². The van der Waals surface area contributed by atoms with Crippen LogP contribution in [0.4, 0.5) is 5.69 Å². The second-order valence-electron chi connectivity index (χ2n) is 10.2. The summed E-state index contributed by atoms with van der Waals surface area (Å²) in [7, 11) is -3.86. The van der Waals surface area contributed by atoms with Crippen molar-refractivity contribution >= 4 is 39.1 Å². The molecule has 0 spiro atoms. The highest BCUT2D eigenvalue weighted by atomic mass is 35.5. The van der Waals surface area contributed by atoms with Gasteiger partial charge in [0.15, 0.2) is 0 Å². The standard InChI is InChI=1S/C31H38ClN3O5S/c1-5-40-27-17-15-26(16-18-27)35(41(4,38)39)22-30(36)34(21-25-13-9-10-14-28(25)32)29(31(37)33-20-23(2)3)19-24-11-7-6-8-12-24/h6-18,23,29H,5,19-22H2,1-4H3,(H,33,37)/t29-/m0/s1. The van der Waals surface area contributed by atoms with Gasteiger partial charge < -0.3 is 15.0 Å². The molecule has 0 saturated carbocycles. The topological polar surface area (TPSA) is 96.0 Å². The highest BCUT2D eigenvalue weighted by Gasteiger charge is 2.33. The molecule has 2 amide bonds. The molecular formula is C31H38ClN3O5S. The van der Waals surface area contributed by atoms with E-state index in [-0.39, 0.29) is 24.8 Å². The molecule has 3 aromatic carbocycles. The van der Waals surface area contributed by atoms with Gasteiger partial charge in [-0.05, 0) is 54.3 Å². The average Bonchev–Trinajstić information content (AvgIpc) is 2.93. The van der Waals surface area contributed by atoms with Crippen molar-refractivity contribution in [3.05, 3.63) is 95.0 Å². The van der Waals surface area contributed by atoms with E-state index >= 15 is 0 Å². The first-order chi connectivity index (χ1) is 19.5. The summed E-state index contributed by atoms with van der Waals surface area (Å²) in [6, 6.07) is 22.1. The molecule has 0 aromatic heterocycles. The summed E-state index contributed by atoms with van der Waals surface area (Å²) in [6.45, 7) is 6.24. The van der Waals surface area contributed by atoms with Crippen molar-refractivity contribution in [2.75, 3.05) is 30.3 Å². The largest absolute Gasteiger partial charge is 0.494 e. The van der Waals surface area contributed by atoms with Crippen molar-refractivity contribution in [1.82, 2.24) is 10.2 Å². The van der Waals surface area contributed by atoms with Gasteiger partial charge in [0.05, 0.1) is 18.6 Å². The molecule has 0 saturated heterocycles. The van der Waals surface area contributed by atoms with Crippen molar-refractivity contribution in [1.29, 1.82) is 0 Å². The lowest BCUT2D eigenvalue weighted by Gasteiger charge is -2.34. The van der Waals surface area contributed by atoms with Gasteiger partial charge in [-0.25, -0.2) is 8.42 Å². The maximum absolute atomic E-state index is 14.1. The molecule has 1 atom stereocenters. The fourth-order valence-corrected chi connectivity index (χ4v) is 5.32. The Hall–Kier alpha value is -3.56. The maximum Gasteiger partial charge on any atom is 0.244 e. The second kappa shape index (κ2) is 14.9. The summed E-state index contributed by atoms with van der Waals surface area (Å²) in [5.41, 5.74) is 1.82. The number of nitrogens with zero attached hydrogens (tertiary/aromatic N) is 2. The van der Waals surface area contributed by atoms with Crippen LogP contribution in [0.2, 0.25) is 5.02 Å². The van der Waals surface area contributed by atoms with Gasteiger partial charge in [-0.1, -0.05) is 74.0 Å². The van der Waals surface area contributed by atoms with Crippen LogP contribution in [-0.4, -0.2) is 57.1 Å². The van der Waals surface area contributed by atoms with Crippen LogP contribution in [0.3, 0.4) is 0 Å². The Morgan fingerprint density at radius 2 is 1.59 bits per heavy atom. The highest BCUT2D eigenvalue weighted by Crippen LogP contribution is 2.24. The van der Waals surface area contributed by atoms with Crippen LogP contribution >= 0.6 is 11.6 Å². The number of amides is 2. The molecule has 3 rings (SSSR count). The Labute approximate surface area is 248 Å². The lowest BCUT2D eigenvalue weighted by molar-refractivity contribution is -0.140. The molecule has 1 N–H and O–H groups in total. The van der Waals surface area contributed by atoms with Crippen molar-refractivity contribution in [3.8, 4) is 5.75 Å². The van der Waals surface area contributed by atoms with Crippen LogP contribution < -0.4 is 14.4 Å². The number of anilines is 1. The third-order valence-corrected chi connectivity index (χ3v) is 7.88. The third-order valence-electron chi connectivity index (χ3n) is 6.37. The molecule has 10 heteroatoms. The van der Waals surface area contributed by atoms with Gasteiger partial charge in [-0.15, -0.1) is 0 Å². The van der Waals surface area contributed by atoms with Crippen molar-refractivity contribution in [2.45, 2.75) is 39.8 Å². The summed E-state index contributed by atoms with van der Waals surface area (Å²) in [4.78, 5) is 29.2. The van der Waals surface area contributed by atoms with Gasteiger partial charge in [0.25, 0.3) is 0 Å². The SMILES string of the molecule is CCOc1ccc(N(CC(=O)N(Cc2ccccc2Cl)[C@@H](Cc2ccccc2)C(=O)NCC(C)C)S(C)(=O)=O)cc1. The highest BCUT2D eigenvalue weighted by molar-refractivity contribution is 7.92. The smallest absolute Gasteiger partial charge is 0.244 e. The van der Waals surface area contributed by atoms with E-state index in [1.54, 1.807) is 48.5 Å². The molecule has 41 heavy (non-hydrogen) atoms. The normalized spacial score (nSPS) is 12.0. The van der Waals surface area contributed by atoms with Crippen LogP contribution in [0.1, 0.15) is 31.9 Å². The molecule has 220 valence electrons. The Morgan fingerprint density at radius 1 is 0.951 bits per heavy atom. The Bertz CT molecular complexity index is 1400. The fraction of sp³-hybridized carbons (Fsp3) is 0.355. The Morgan fingerprint density at radius 3 is 2.17 bits per heavy atom. The summed E-state index contributed by atoms with van der Waals surface area (Å²) < 4.78 is 32.3. The number of hydrogen-bond donors (Lipinski definition) is 1. The predicted octanol–water partition coefficient (Wildman–Crippen LogP) is 4.92. The first-order valence-corrected chi connectivity index (χ1v) is 15.8. The molecule has 0 unspecified atom stereocenters. The molecule has 8 nitrogen and oxygen atoms in total. The van der Waals surface area contributed by atoms with E-state index in [1.807, 2.05) is 51.1 Å². The number of nitrogens with one attached hydrogen (secondary N) is 1. The number of carbonyl (C=O) groups is 2. The average molecular weight is 600 g/mol. The minimum atomic E-state index is -3.86. The van der Waals surface area contributed by atoms with Crippen LogP contribution in [0.15, 0.2) is 78.9 Å². The van der Waals surface area contributed by atoms with Crippen molar-refractivity contribution < 1.29 is 22.7 Å². The van der Waals surface area contributed by atoms with E-state index < -0.39 is 28.5 Å². The maximum atomic E-state index is 14.1. The van der Waals surface area contributed by atoms with Gasteiger partial charge in [0, 0.05) is 24.5 Å². The zero-order valence-electron chi connectivity index (χ0n) is 23.9. The van der Waals surface area contributed by atoms with Crippen LogP contribution in [-0.2, 0) is 32.6 Å². The van der Waals surface area contributed by atoms with Gasteiger partial charge in [-0.2, -0.15) is 0 Å². The molecule has 0 heterocycles. The van der Waals surface area contributed by atoms with E-state index in [0.717, 1.165) is 16.1 Å². The van der Waals surface area contributed by atoms with E-state index in [1.165, 1.54) is 4.90 Å². The van der Waals surface area contributed by atoms with Crippen molar-refractivity contribution in [3.63, 3.8) is 0 Å². The summed E-state index contributed by atoms with van der Waals surface area (Å²) in [5, 5.41) is 3.40. The predicted molar refractivity (Wildman–Crippen MR) is 164 cm³/mol. The van der Waals surface area contributed by atoms with Crippen LogP contribution in [0.5, 0.6) is 5.75 Å². The number of rotatable bonds is 14. The van der Waals surface area contributed by atoms with E-state index in [9.17, 15) is 18.0 Å². The monoisotopic (exact) mass is 599 g/mol. The van der Waals surface area contributed by atoms with E-state index in [4.69, 9.17) is 16.3 Å². The first kappa shape index (κ1) is 32.0. The third kappa shape index (κ3) is 9.50. The minimum absolute atomic E-state index is 0.0198. The van der Waals surface area contributed by atoms with Crippen molar-refractivity contribution in [2.24, 2.45) is 5.92 Å². The number of benzene rings is 3. The number of halogens is 1. The van der Waals surface area contributed by atoms with E-state index in [2.05, 4.69) is 5.32 Å². The Balaban J connectivity index is 2.03. The second-order valence-corrected chi connectivity index (χ2v) is 12.5. The summed E-state index contributed by atoms with van der Waals surface area (Å²) >= 11 is 6.48. The molecule has 0 fully saturated rings. The summed E-state index contributed by atoms with van der Waals surface area (Å²) in [6.07, 6.45) is 1.29. The molecule has 3 aromatic rings. The molecule has 0 aliphatic rings. The molecule has 0 radical (unpaired) electrons. The van der Waals surface area contributed by atoms with Gasteiger partial charge in [-0.3, -0.25) is 13.9 Å². The van der Waals surface area contributed by atoms with Gasteiger partial charge >= 0.3 is 0 Å². The number of sulfonamides is 1. The first-order valence-electron chi connectivity index (χ1n) is 13.5. The molecule has 0 aliphatic heterocycles. The van der Waals surface area contributed by atoms with Gasteiger partial charge in [0.1, 0.15) is 18.3 Å². The zero-order valence-corrected chi connectivity index (χ0v) is 25.5. The minimum Gasteiger partial charge on any atom is -0.494 e. The lowest BCUT2D eigenvalue weighted by Crippen LogP contribution is -2.53. The molecule has 0 aliphatic carbocycles. The molecular weight excluding hydrogens is 562 g/mol.